The maximum atomic E-state index is 12.1. The van der Waals surface area contributed by atoms with Gasteiger partial charge in [0.15, 0.2) is 0 Å². The van der Waals surface area contributed by atoms with Crippen LogP contribution >= 0.6 is 23.7 Å². The number of carbonyl (C=O) groups excluding carboxylic acids is 1. The number of hydrogen-bond acceptors (Lipinski definition) is 4. The summed E-state index contributed by atoms with van der Waals surface area (Å²) in [6.07, 6.45) is 2.69. The quantitative estimate of drug-likeness (QED) is 0.904. The van der Waals surface area contributed by atoms with Gasteiger partial charge in [-0.2, -0.15) is 11.3 Å². The van der Waals surface area contributed by atoms with E-state index in [4.69, 9.17) is 4.74 Å². The number of ether oxygens (including phenoxy) is 1. The number of amides is 1. The molecule has 0 radical (unpaired) electrons. The van der Waals surface area contributed by atoms with Crippen LogP contribution in [-0.4, -0.2) is 43.6 Å². The summed E-state index contributed by atoms with van der Waals surface area (Å²) in [6.45, 7) is 3.48. The van der Waals surface area contributed by atoms with E-state index in [0.29, 0.717) is 26.2 Å². The number of thiophene rings is 1. The molecule has 20 heavy (non-hydrogen) atoms. The SMILES string of the molecule is Cl.O=C(CNCC1CC1)N1CCOC(c2ccsc2)C1. The van der Waals surface area contributed by atoms with Gasteiger partial charge in [0, 0.05) is 6.54 Å². The molecule has 1 saturated carbocycles. The zero-order valence-corrected chi connectivity index (χ0v) is 13.0. The minimum atomic E-state index is 0. The molecule has 1 aromatic heterocycles. The van der Waals surface area contributed by atoms with Crippen LogP contribution < -0.4 is 5.32 Å². The summed E-state index contributed by atoms with van der Waals surface area (Å²) in [6, 6.07) is 2.08. The minimum absolute atomic E-state index is 0. The van der Waals surface area contributed by atoms with Crippen LogP contribution in [0.5, 0.6) is 0 Å². The molecule has 0 spiro atoms. The van der Waals surface area contributed by atoms with E-state index < -0.39 is 0 Å². The molecule has 1 N–H and O–H groups in total. The predicted octanol–water partition coefficient (Wildman–Crippen LogP) is 2.07. The van der Waals surface area contributed by atoms with E-state index in [1.54, 1.807) is 11.3 Å². The Balaban J connectivity index is 0.00000147. The lowest BCUT2D eigenvalue weighted by Gasteiger charge is -2.32. The molecule has 0 aromatic carbocycles. The molecule has 1 amide bonds. The van der Waals surface area contributed by atoms with E-state index in [1.165, 1.54) is 18.4 Å². The van der Waals surface area contributed by atoms with Crippen LogP contribution in [0.3, 0.4) is 0 Å². The molecule has 2 aliphatic rings. The highest BCUT2D eigenvalue weighted by Gasteiger charge is 2.26. The van der Waals surface area contributed by atoms with Crippen molar-refractivity contribution in [2.45, 2.75) is 18.9 Å². The fourth-order valence-electron chi connectivity index (χ4n) is 2.35. The van der Waals surface area contributed by atoms with Crippen molar-refractivity contribution >= 4 is 29.7 Å². The Kier molecular flexibility index (Phi) is 5.84. The first-order valence-electron chi connectivity index (χ1n) is 6.95. The molecule has 1 atom stereocenters. The average Bonchev–Trinajstić information content (AvgIpc) is 3.10. The molecule has 112 valence electrons. The van der Waals surface area contributed by atoms with Crippen LogP contribution in [-0.2, 0) is 9.53 Å². The molecule has 1 aliphatic carbocycles. The molecule has 3 rings (SSSR count). The van der Waals surface area contributed by atoms with Gasteiger partial charge in [0.25, 0.3) is 0 Å². The average molecular weight is 317 g/mol. The zero-order valence-electron chi connectivity index (χ0n) is 11.4. The van der Waals surface area contributed by atoms with Crippen LogP contribution in [0.15, 0.2) is 16.8 Å². The Hall–Kier alpha value is -0.620. The molecule has 0 bridgehead atoms. The Morgan fingerprint density at radius 2 is 2.35 bits per heavy atom. The molecule has 2 fully saturated rings. The summed E-state index contributed by atoms with van der Waals surface area (Å²) in [5.41, 5.74) is 1.19. The first kappa shape index (κ1) is 15.8. The second kappa shape index (κ2) is 7.41. The first-order chi connectivity index (χ1) is 9.33. The summed E-state index contributed by atoms with van der Waals surface area (Å²) < 4.78 is 5.75. The summed E-state index contributed by atoms with van der Waals surface area (Å²) in [5.74, 6) is 1.01. The van der Waals surface area contributed by atoms with Crippen LogP contribution in [0.1, 0.15) is 24.5 Å². The molecular formula is C14H21ClN2O2S. The van der Waals surface area contributed by atoms with E-state index in [1.807, 2.05) is 4.90 Å². The van der Waals surface area contributed by atoms with E-state index in [-0.39, 0.29) is 24.4 Å². The molecule has 1 unspecified atom stereocenters. The first-order valence-corrected chi connectivity index (χ1v) is 7.89. The number of rotatable bonds is 5. The summed E-state index contributed by atoms with van der Waals surface area (Å²) in [7, 11) is 0. The standard InChI is InChI=1S/C14H20N2O2S.ClH/c17-14(8-15-7-11-1-2-11)16-4-5-18-13(9-16)12-3-6-19-10-12;/h3,6,10-11,13,15H,1-2,4-5,7-9H2;1H. The second-order valence-corrected chi connectivity index (χ2v) is 6.11. The molecule has 4 nitrogen and oxygen atoms in total. The molecule has 6 heteroatoms. The van der Waals surface area contributed by atoms with Crippen LogP contribution in [0.2, 0.25) is 0 Å². The van der Waals surface area contributed by atoms with Gasteiger partial charge in [-0.15, -0.1) is 12.4 Å². The number of halogens is 1. The molecule has 1 aliphatic heterocycles. The van der Waals surface area contributed by atoms with Gasteiger partial charge in [0.2, 0.25) is 5.91 Å². The highest BCUT2D eigenvalue weighted by atomic mass is 35.5. The predicted molar refractivity (Wildman–Crippen MR) is 82.4 cm³/mol. The fourth-order valence-corrected chi connectivity index (χ4v) is 3.05. The Morgan fingerprint density at radius 1 is 1.50 bits per heavy atom. The summed E-state index contributed by atoms with van der Waals surface area (Å²) in [4.78, 5) is 14.0. The van der Waals surface area contributed by atoms with Crippen molar-refractivity contribution in [3.05, 3.63) is 22.4 Å². The van der Waals surface area contributed by atoms with Crippen molar-refractivity contribution in [2.75, 3.05) is 32.8 Å². The van der Waals surface area contributed by atoms with Gasteiger partial charge in [0.1, 0.15) is 6.10 Å². The maximum Gasteiger partial charge on any atom is 0.236 e. The Bertz CT molecular complexity index is 423. The topological polar surface area (TPSA) is 41.6 Å². The lowest BCUT2D eigenvalue weighted by molar-refractivity contribution is -0.138. The van der Waals surface area contributed by atoms with Crippen molar-refractivity contribution < 1.29 is 9.53 Å². The lowest BCUT2D eigenvalue weighted by atomic mass is 10.1. The minimum Gasteiger partial charge on any atom is -0.370 e. The largest absolute Gasteiger partial charge is 0.370 e. The second-order valence-electron chi connectivity index (χ2n) is 5.33. The number of hydrogen-bond donors (Lipinski definition) is 1. The lowest BCUT2D eigenvalue weighted by Crippen LogP contribution is -2.45. The molecule has 1 aromatic rings. The van der Waals surface area contributed by atoms with E-state index >= 15 is 0 Å². The zero-order chi connectivity index (χ0) is 13.1. The molecule has 1 saturated heterocycles. The Morgan fingerprint density at radius 3 is 3.05 bits per heavy atom. The number of nitrogens with one attached hydrogen (secondary N) is 1. The van der Waals surface area contributed by atoms with Gasteiger partial charge in [-0.05, 0) is 47.7 Å². The fraction of sp³-hybridized carbons (Fsp3) is 0.643. The summed E-state index contributed by atoms with van der Waals surface area (Å²) in [5, 5.41) is 7.42. The third-order valence-corrected chi connectivity index (χ3v) is 4.44. The summed E-state index contributed by atoms with van der Waals surface area (Å²) >= 11 is 1.67. The smallest absolute Gasteiger partial charge is 0.236 e. The van der Waals surface area contributed by atoms with Crippen LogP contribution in [0.25, 0.3) is 0 Å². The highest BCUT2D eigenvalue weighted by molar-refractivity contribution is 7.07. The van der Waals surface area contributed by atoms with Crippen LogP contribution in [0.4, 0.5) is 0 Å². The monoisotopic (exact) mass is 316 g/mol. The highest BCUT2D eigenvalue weighted by Crippen LogP contribution is 2.27. The molecular weight excluding hydrogens is 296 g/mol. The van der Waals surface area contributed by atoms with Crippen molar-refractivity contribution in [3.8, 4) is 0 Å². The third-order valence-electron chi connectivity index (χ3n) is 3.74. The van der Waals surface area contributed by atoms with Gasteiger partial charge in [-0.3, -0.25) is 4.79 Å². The van der Waals surface area contributed by atoms with Gasteiger partial charge in [-0.1, -0.05) is 0 Å². The number of morpholine rings is 1. The van der Waals surface area contributed by atoms with Gasteiger partial charge in [-0.25, -0.2) is 0 Å². The number of nitrogens with zero attached hydrogens (tertiary/aromatic N) is 1. The van der Waals surface area contributed by atoms with Gasteiger partial charge in [0.05, 0.1) is 19.7 Å². The number of carbonyl (C=O) groups is 1. The van der Waals surface area contributed by atoms with Crippen molar-refractivity contribution in [1.82, 2.24) is 10.2 Å². The van der Waals surface area contributed by atoms with E-state index in [9.17, 15) is 4.79 Å². The maximum absolute atomic E-state index is 12.1. The van der Waals surface area contributed by atoms with Gasteiger partial charge < -0.3 is 15.0 Å². The third kappa shape index (κ3) is 4.19. The Labute approximate surface area is 129 Å². The normalized spacial score (nSPS) is 22.4. The van der Waals surface area contributed by atoms with Gasteiger partial charge >= 0.3 is 0 Å². The molecule has 2 heterocycles. The van der Waals surface area contributed by atoms with Crippen molar-refractivity contribution in [3.63, 3.8) is 0 Å². The van der Waals surface area contributed by atoms with Crippen molar-refractivity contribution in [1.29, 1.82) is 0 Å². The van der Waals surface area contributed by atoms with E-state index in [2.05, 4.69) is 22.1 Å². The van der Waals surface area contributed by atoms with E-state index in [0.717, 1.165) is 12.5 Å². The van der Waals surface area contributed by atoms with Crippen LogP contribution in [0, 0.1) is 5.92 Å². The van der Waals surface area contributed by atoms with Crippen molar-refractivity contribution in [2.24, 2.45) is 5.92 Å².